The molecule has 1 aromatic heterocycles. The molecule has 3 rings (SSSR count). The number of sulfonamides is 1. The summed E-state index contributed by atoms with van der Waals surface area (Å²) < 4.78 is 32.2. The van der Waals surface area contributed by atoms with Gasteiger partial charge in [-0.25, -0.2) is 8.42 Å². The Bertz CT molecular complexity index is 930. The number of halogens is 1. The number of aromatic nitrogens is 1. The van der Waals surface area contributed by atoms with Crippen LogP contribution in [0.5, 0.6) is 0 Å². The number of aryl methyl sites for hydroxylation is 2. The third kappa shape index (κ3) is 3.74. The van der Waals surface area contributed by atoms with Crippen molar-refractivity contribution in [2.45, 2.75) is 31.6 Å². The van der Waals surface area contributed by atoms with Gasteiger partial charge in [-0.1, -0.05) is 28.9 Å². The van der Waals surface area contributed by atoms with E-state index in [1.165, 1.54) is 10.4 Å². The summed E-state index contributed by atoms with van der Waals surface area (Å²) >= 11 is 6.05. The quantitative estimate of drug-likeness (QED) is 0.772. The van der Waals surface area contributed by atoms with Gasteiger partial charge in [0.25, 0.3) is 0 Å². The first kappa shape index (κ1) is 19.9. The van der Waals surface area contributed by atoms with Crippen LogP contribution in [0, 0.1) is 13.8 Å². The van der Waals surface area contributed by atoms with Crippen LogP contribution in [0.15, 0.2) is 33.7 Å². The number of piperazine rings is 1. The number of carbonyl (C=O) groups is 1. The smallest absolute Gasteiger partial charge is 0.244 e. The third-order valence-corrected chi connectivity index (χ3v) is 7.30. The first-order valence-corrected chi connectivity index (χ1v) is 10.5. The maximum Gasteiger partial charge on any atom is 0.244 e. The molecule has 2 heterocycles. The van der Waals surface area contributed by atoms with Crippen LogP contribution in [0.2, 0.25) is 5.02 Å². The summed E-state index contributed by atoms with van der Waals surface area (Å²) in [5.41, 5.74) is 1.50. The van der Waals surface area contributed by atoms with Crippen molar-refractivity contribution in [3.05, 3.63) is 46.3 Å². The van der Waals surface area contributed by atoms with Gasteiger partial charge in [0, 0.05) is 31.7 Å². The molecule has 1 amide bonds. The number of nitrogens with zero attached hydrogens (tertiary/aromatic N) is 3. The summed E-state index contributed by atoms with van der Waals surface area (Å²) in [6.07, 6.45) is 0. The van der Waals surface area contributed by atoms with Gasteiger partial charge in [-0.15, -0.1) is 0 Å². The molecule has 0 bridgehead atoms. The normalized spacial score (nSPS) is 17.1. The maximum atomic E-state index is 12.8. The van der Waals surface area contributed by atoms with E-state index in [0.717, 1.165) is 5.56 Å². The maximum absolute atomic E-state index is 12.8. The molecule has 1 aliphatic heterocycles. The Hall–Kier alpha value is -1.90. The Morgan fingerprint density at radius 1 is 1.19 bits per heavy atom. The fourth-order valence-electron chi connectivity index (χ4n) is 3.45. The highest BCUT2D eigenvalue weighted by molar-refractivity contribution is 7.89. The van der Waals surface area contributed by atoms with E-state index < -0.39 is 10.0 Å². The number of benzene rings is 1. The van der Waals surface area contributed by atoms with Gasteiger partial charge >= 0.3 is 0 Å². The molecule has 0 N–H and O–H groups in total. The van der Waals surface area contributed by atoms with Crippen molar-refractivity contribution in [3.63, 3.8) is 0 Å². The van der Waals surface area contributed by atoms with Gasteiger partial charge in [0.05, 0.1) is 16.6 Å². The molecule has 0 aliphatic carbocycles. The van der Waals surface area contributed by atoms with E-state index >= 15 is 0 Å². The lowest BCUT2D eigenvalue weighted by atomic mass is 9.98. The highest BCUT2D eigenvalue weighted by Crippen LogP contribution is 2.27. The summed E-state index contributed by atoms with van der Waals surface area (Å²) in [5, 5.41) is 4.10. The Morgan fingerprint density at radius 3 is 2.37 bits per heavy atom. The monoisotopic (exact) mass is 411 g/mol. The summed E-state index contributed by atoms with van der Waals surface area (Å²) in [5.74, 6) is 0.190. The van der Waals surface area contributed by atoms with Crippen LogP contribution < -0.4 is 0 Å². The molecule has 0 spiro atoms. The van der Waals surface area contributed by atoms with Gasteiger partial charge < -0.3 is 9.42 Å². The number of hydrogen-bond donors (Lipinski definition) is 0. The minimum atomic E-state index is -3.68. The summed E-state index contributed by atoms with van der Waals surface area (Å²) in [4.78, 5) is 14.6. The van der Waals surface area contributed by atoms with E-state index in [0.29, 0.717) is 24.5 Å². The summed E-state index contributed by atoms with van der Waals surface area (Å²) in [6.45, 7) is 6.53. The topological polar surface area (TPSA) is 83.7 Å². The number of carbonyl (C=O) groups excluding carboxylic acids is 1. The SMILES string of the molecule is Cc1noc(C)c1C(C)C(=O)N1CCN(S(=O)(=O)c2ccccc2Cl)CC1. The molecule has 1 aliphatic rings. The van der Waals surface area contributed by atoms with E-state index in [4.69, 9.17) is 16.1 Å². The van der Waals surface area contributed by atoms with Gasteiger partial charge in [-0.05, 0) is 32.9 Å². The summed E-state index contributed by atoms with van der Waals surface area (Å²) in [6, 6.07) is 6.38. The molecule has 7 nitrogen and oxygen atoms in total. The summed E-state index contributed by atoms with van der Waals surface area (Å²) in [7, 11) is -3.68. The van der Waals surface area contributed by atoms with Gasteiger partial charge in [0.1, 0.15) is 10.7 Å². The minimum absolute atomic E-state index is 0.0563. The van der Waals surface area contributed by atoms with E-state index in [-0.39, 0.29) is 34.8 Å². The fourth-order valence-corrected chi connectivity index (χ4v) is 5.36. The van der Waals surface area contributed by atoms with Crippen molar-refractivity contribution in [1.29, 1.82) is 0 Å². The molecular formula is C18H22ClN3O4S. The van der Waals surface area contributed by atoms with Gasteiger partial charge in [-0.3, -0.25) is 4.79 Å². The molecule has 1 saturated heterocycles. The second-order valence-electron chi connectivity index (χ2n) is 6.62. The van der Waals surface area contributed by atoms with Crippen LogP contribution in [-0.4, -0.2) is 54.9 Å². The zero-order valence-electron chi connectivity index (χ0n) is 15.5. The Labute approximate surface area is 163 Å². The third-order valence-electron chi connectivity index (χ3n) is 4.90. The van der Waals surface area contributed by atoms with Crippen LogP contribution in [0.4, 0.5) is 0 Å². The van der Waals surface area contributed by atoms with Crippen molar-refractivity contribution < 1.29 is 17.7 Å². The van der Waals surface area contributed by atoms with Gasteiger partial charge in [0.2, 0.25) is 15.9 Å². The molecule has 0 radical (unpaired) electrons. The van der Waals surface area contributed by atoms with Gasteiger partial charge in [0.15, 0.2) is 0 Å². The lowest BCUT2D eigenvalue weighted by molar-refractivity contribution is -0.133. The molecule has 1 atom stereocenters. The predicted molar refractivity (Wildman–Crippen MR) is 101 cm³/mol. The molecule has 1 unspecified atom stereocenters. The van der Waals surface area contributed by atoms with Crippen LogP contribution in [-0.2, 0) is 14.8 Å². The van der Waals surface area contributed by atoms with E-state index in [1.54, 1.807) is 30.0 Å². The number of amides is 1. The minimum Gasteiger partial charge on any atom is -0.361 e. The molecule has 2 aromatic rings. The first-order valence-electron chi connectivity index (χ1n) is 8.69. The first-order chi connectivity index (χ1) is 12.7. The lowest BCUT2D eigenvalue weighted by Gasteiger charge is -2.35. The van der Waals surface area contributed by atoms with Crippen LogP contribution >= 0.6 is 11.6 Å². The van der Waals surface area contributed by atoms with Crippen LogP contribution in [0.25, 0.3) is 0 Å². The molecule has 0 saturated carbocycles. The Kier molecular flexibility index (Phi) is 5.60. The zero-order valence-corrected chi connectivity index (χ0v) is 17.0. The van der Waals surface area contributed by atoms with Crippen LogP contribution in [0.3, 0.4) is 0 Å². The average molecular weight is 412 g/mol. The van der Waals surface area contributed by atoms with Crippen molar-refractivity contribution in [3.8, 4) is 0 Å². The molecule has 146 valence electrons. The number of hydrogen-bond acceptors (Lipinski definition) is 5. The molecule has 1 aromatic carbocycles. The van der Waals surface area contributed by atoms with E-state index in [1.807, 2.05) is 13.8 Å². The zero-order chi connectivity index (χ0) is 19.8. The van der Waals surface area contributed by atoms with E-state index in [9.17, 15) is 13.2 Å². The number of rotatable bonds is 4. The molecule has 9 heteroatoms. The fraction of sp³-hybridized carbons (Fsp3) is 0.444. The van der Waals surface area contributed by atoms with Crippen molar-refractivity contribution in [2.75, 3.05) is 26.2 Å². The Balaban J connectivity index is 1.70. The highest BCUT2D eigenvalue weighted by Gasteiger charge is 2.33. The average Bonchev–Trinajstić information content (AvgIpc) is 2.99. The molecular weight excluding hydrogens is 390 g/mol. The lowest BCUT2D eigenvalue weighted by Crippen LogP contribution is -2.51. The van der Waals surface area contributed by atoms with Crippen molar-refractivity contribution in [1.82, 2.24) is 14.4 Å². The largest absolute Gasteiger partial charge is 0.361 e. The second-order valence-corrected chi connectivity index (χ2v) is 8.93. The van der Waals surface area contributed by atoms with Crippen molar-refractivity contribution >= 4 is 27.5 Å². The Morgan fingerprint density at radius 2 is 1.81 bits per heavy atom. The van der Waals surface area contributed by atoms with Crippen LogP contribution in [0.1, 0.15) is 29.9 Å². The highest BCUT2D eigenvalue weighted by atomic mass is 35.5. The molecule has 1 fully saturated rings. The second kappa shape index (κ2) is 7.61. The molecule has 27 heavy (non-hydrogen) atoms. The van der Waals surface area contributed by atoms with E-state index in [2.05, 4.69) is 5.16 Å². The van der Waals surface area contributed by atoms with Gasteiger partial charge in [-0.2, -0.15) is 4.31 Å². The predicted octanol–water partition coefficient (Wildman–Crippen LogP) is 2.58. The van der Waals surface area contributed by atoms with Crippen molar-refractivity contribution in [2.24, 2.45) is 0 Å². The standard InChI is InChI=1S/C18H22ClN3O4S/c1-12(17-13(2)20-26-14(17)3)18(23)21-8-10-22(11-9-21)27(24,25)16-7-5-4-6-15(16)19/h4-7,12H,8-11H2,1-3H3.